The van der Waals surface area contributed by atoms with E-state index in [-0.39, 0.29) is 13.3 Å². The lowest BCUT2D eigenvalue weighted by atomic mass is 10.0. The number of nitrogens with zero attached hydrogens (tertiary/aromatic N) is 1. The van der Waals surface area contributed by atoms with Gasteiger partial charge < -0.3 is 13.9 Å². The first-order valence-corrected chi connectivity index (χ1v) is 14.9. The summed E-state index contributed by atoms with van der Waals surface area (Å²) in [5.74, 6) is 0. The van der Waals surface area contributed by atoms with Crippen LogP contribution < -0.4 is 4.89 Å². The summed E-state index contributed by atoms with van der Waals surface area (Å²) in [6.07, 6.45) is 24.4. The van der Waals surface area contributed by atoms with E-state index in [2.05, 4.69) is 14.0 Å². The van der Waals surface area contributed by atoms with Crippen molar-refractivity contribution in [2.75, 3.05) is 33.5 Å². The average molecular weight is 462 g/mol. The molecule has 1 aliphatic rings. The van der Waals surface area contributed by atoms with Crippen molar-refractivity contribution in [3.05, 3.63) is 0 Å². The van der Waals surface area contributed by atoms with E-state index < -0.39 is 7.82 Å². The van der Waals surface area contributed by atoms with E-state index in [9.17, 15) is 9.46 Å². The van der Waals surface area contributed by atoms with Crippen LogP contribution in [0.1, 0.15) is 129 Å². The van der Waals surface area contributed by atoms with E-state index in [1.165, 1.54) is 96.3 Å². The summed E-state index contributed by atoms with van der Waals surface area (Å²) >= 11 is 0. The second kappa shape index (κ2) is 18.5. The van der Waals surface area contributed by atoms with Crippen LogP contribution in [-0.4, -0.2) is 38.0 Å². The molecule has 0 N–H and O–H groups in total. The molecule has 0 bridgehead atoms. The van der Waals surface area contributed by atoms with Crippen molar-refractivity contribution >= 4 is 7.82 Å². The van der Waals surface area contributed by atoms with E-state index in [0.717, 1.165) is 38.8 Å². The number of rotatable bonds is 21. The van der Waals surface area contributed by atoms with Gasteiger partial charge >= 0.3 is 0 Å². The highest BCUT2D eigenvalue weighted by Gasteiger charge is 2.26. The monoisotopic (exact) mass is 461 g/mol. The zero-order valence-electron chi connectivity index (χ0n) is 20.8. The summed E-state index contributed by atoms with van der Waals surface area (Å²) < 4.78 is 22.8. The molecule has 1 saturated heterocycles. The molecule has 0 radical (unpaired) electrons. The molecule has 1 unspecified atom stereocenters. The second-order valence-electron chi connectivity index (χ2n) is 9.97. The Morgan fingerprint density at radius 2 is 1.10 bits per heavy atom. The maximum atomic E-state index is 11.9. The lowest BCUT2D eigenvalue weighted by Crippen LogP contribution is -2.49. The molecule has 186 valence electrons. The third kappa shape index (κ3) is 17.2. The zero-order chi connectivity index (χ0) is 22.7. The highest BCUT2D eigenvalue weighted by atomic mass is 31.2. The third-order valence-electron chi connectivity index (χ3n) is 6.67. The van der Waals surface area contributed by atoms with E-state index in [0.29, 0.717) is 4.48 Å². The molecule has 1 rings (SSSR count). The molecule has 1 atom stereocenters. The number of quaternary nitrogens is 1. The molecule has 1 aliphatic heterocycles. The standard InChI is InChI=1S/C25H52NO4P/c1-3-4-5-6-7-8-9-10-11-12-13-14-15-16-17-21-24-29-31(27,28)30-25-26(2)22-19-18-20-23-26/h3-25H2,1-2H3. The minimum atomic E-state index is -4.16. The molecule has 6 heteroatoms. The lowest BCUT2D eigenvalue weighted by molar-refractivity contribution is -0.929. The Labute approximate surface area is 193 Å². The Hall–Kier alpha value is 0.0700. The van der Waals surface area contributed by atoms with E-state index in [1.54, 1.807) is 0 Å². The van der Waals surface area contributed by atoms with E-state index in [4.69, 9.17) is 9.05 Å². The SMILES string of the molecule is CCCCCCCCCCCCCCCCCCOP(=O)([O-])OC[N+]1(C)CCCCC1. The Morgan fingerprint density at radius 1 is 0.677 bits per heavy atom. The molecule has 0 saturated carbocycles. The van der Waals surface area contributed by atoms with Crippen molar-refractivity contribution in [3.8, 4) is 0 Å². The molecular weight excluding hydrogens is 409 g/mol. The Bertz CT molecular complexity index is 455. The van der Waals surface area contributed by atoms with Crippen LogP contribution in [0.2, 0.25) is 0 Å². The number of phosphoric acid groups is 1. The maximum Gasteiger partial charge on any atom is 0.272 e. The molecule has 0 aromatic rings. The molecule has 0 aliphatic carbocycles. The highest BCUT2D eigenvalue weighted by Crippen LogP contribution is 2.39. The fraction of sp³-hybridized carbons (Fsp3) is 1.00. The first-order valence-electron chi connectivity index (χ1n) is 13.4. The first kappa shape index (κ1) is 29.1. The molecule has 0 amide bonds. The normalized spacial score (nSPS) is 18.2. The van der Waals surface area contributed by atoms with Gasteiger partial charge in [0, 0.05) is 0 Å². The number of hydrogen-bond acceptors (Lipinski definition) is 4. The topological polar surface area (TPSA) is 58.6 Å². The summed E-state index contributed by atoms with van der Waals surface area (Å²) in [7, 11) is -2.09. The van der Waals surface area contributed by atoms with Crippen molar-refractivity contribution in [2.24, 2.45) is 0 Å². The number of likely N-dealkylation sites (tertiary alicyclic amines) is 1. The predicted octanol–water partition coefficient (Wildman–Crippen LogP) is 7.34. The van der Waals surface area contributed by atoms with Crippen LogP contribution in [0.4, 0.5) is 0 Å². The van der Waals surface area contributed by atoms with Crippen molar-refractivity contribution in [1.82, 2.24) is 0 Å². The molecule has 0 aromatic heterocycles. The van der Waals surface area contributed by atoms with E-state index in [1.807, 2.05) is 0 Å². The van der Waals surface area contributed by atoms with E-state index >= 15 is 0 Å². The minimum Gasteiger partial charge on any atom is -0.756 e. The van der Waals surface area contributed by atoms with Gasteiger partial charge in [0.2, 0.25) is 0 Å². The third-order valence-corrected chi connectivity index (χ3v) is 7.60. The quantitative estimate of drug-likeness (QED) is 0.102. The van der Waals surface area contributed by atoms with Gasteiger partial charge in [-0.1, -0.05) is 103 Å². The lowest BCUT2D eigenvalue weighted by Gasteiger charge is -2.38. The minimum absolute atomic E-state index is 0.208. The maximum absolute atomic E-state index is 11.9. The van der Waals surface area contributed by atoms with Crippen LogP contribution in [-0.2, 0) is 13.6 Å². The van der Waals surface area contributed by atoms with Crippen LogP contribution in [0.5, 0.6) is 0 Å². The van der Waals surface area contributed by atoms with Crippen LogP contribution in [0.15, 0.2) is 0 Å². The Balaban J connectivity index is 1.83. The van der Waals surface area contributed by atoms with Gasteiger partial charge in [-0.05, 0) is 25.7 Å². The van der Waals surface area contributed by atoms with Gasteiger partial charge in [-0.15, -0.1) is 0 Å². The molecule has 0 spiro atoms. The van der Waals surface area contributed by atoms with Crippen LogP contribution in [0.3, 0.4) is 0 Å². The molecule has 31 heavy (non-hydrogen) atoms. The number of piperidine rings is 1. The highest BCUT2D eigenvalue weighted by molar-refractivity contribution is 7.45. The van der Waals surface area contributed by atoms with Crippen molar-refractivity contribution < 1.29 is 23.0 Å². The summed E-state index contributed by atoms with van der Waals surface area (Å²) in [5.41, 5.74) is 0. The van der Waals surface area contributed by atoms with Crippen molar-refractivity contribution in [1.29, 1.82) is 0 Å². The second-order valence-corrected chi connectivity index (χ2v) is 11.4. The summed E-state index contributed by atoms with van der Waals surface area (Å²) in [5, 5.41) is 0. The number of hydrogen-bond donors (Lipinski definition) is 0. The molecule has 5 nitrogen and oxygen atoms in total. The van der Waals surface area contributed by atoms with Gasteiger partial charge in [0.05, 0.1) is 26.7 Å². The molecule has 1 heterocycles. The largest absolute Gasteiger partial charge is 0.756 e. The molecule has 0 aromatic carbocycles. The summed E-state index contributed by atoms with van der Waals surface area (Å²) in [4.78, 5) is 11.9. The molecular formula is C25H52NO4P. The van der Waals surface area contributed by atoms with Crippen LogP contribution in [0, 0.1) is 0 Å². The fourth-order valence-corrected chi connectivity index (χ4v) is 5.33. The average Bonchev–Trinajstić information content (AvgIpc) is 2.75. The molecule has 1 fully saturated rings. The fourth-order valence-electron chi connectivity index (χ4n) is 4.48. The van der Waals surface area contributed by atoms with Gasteiger partial charge in [0.1, 0.15) is 0 Å². The smallest absolute Gasteiger partial charge is 0.272 e. The zero-order valence-corrected chi connectivity index (χ0v) is 21.7. The summed E-state index contributed by atoms with van der Waals surface area (Å²) in [6, 6.07) is 0. The first-order chi connectivity index (χ1) is 15.0. The van der Waals surface area contributed by atoms with Crippen molar-refractivity contribution in [2.45, 2.75) is 129 Å². The van der Waals surface area contributed by atoms with Gasteiger partial charge in [-0.3, -0.25) is 9.09 Å². The summed E-state index contributed by atoms with van der Waals surface area (Å²) in [6.45, 7) is 4.71. The Kier molecular flexibility index (Phi) is 17.4. The van der Waals surface area contributed by atoms with Gasteiger partial charge in [0.15, 0.2) is 6.73 Å². The van der Waals surface area contributed by atoms with Gasteiger partial charge in [-0.2, -0.15) is 0 Å². The number of unbranched alkanes of at least 4 members (excludes halogenated alkanes) is 15. The van der Waals surface area contributed by atoms with Crippen LogP contribution >= 0.6 is 7.82 Å². The van der Waals surface area contributed by atoms with Gasteiger partial charge in [0.25, 0.3) is 7.82 Å². The number of phosphoric ester groups is 1. The predicted molar refractivity (Wildman–Crippen MR) is 129 cm³/mol. The van der Waals surface area contributed by atoms with Crippen LogP contribution in [0.25, 0.3) is 0 Å². The van der Waals surface area contributed by atoms with Crippen molar-refractivity contribution in [3.63, 3.8) is 0 Å². The Morgan fingerprint density at radius 3 is 1.55 bits per heavy atom. The van der Waals surface area contributed by atoms with Gasteiger partial charge in [-0.25, -0.2) is 0 Å².